The van der Waals surface area contributed by atoms with Crippen molar-refractivity contribution in [2.24, 2.45) is 0 Å². The minimum Gasteiger partial charge on any atom is -0.507 e. The summed E-state index contributed by atoms with van der Waals surface area (Å²) in [6.07, 6.45) is -6.44. The van der Waals surface area contributed by atoms with E-state index in [2.05, 4.69) is 4.90 Å². The zero-order valence-corrected chi connectivity index (χ0v) is 29.4. The lowest BCUT2D eigenvalue weighted by Gasteiger charge is -2.46. The van der Waals surface area contributed by atoms with Crippen LogP contribution in [-0.4, -0.2) is 97.1 Å². The van der Waals surface area contributed by atoms with Crippen LogP contribution in [0.5, 0.6) is 17.2 Å². The molecule has 278 valence electrons. The standard InChI is InChI=1S/C41H43NO11/c1-22-36(45)27(42(19-23-10-5-3-6-11-23)20-24-12-7-4-8-13-24)16-31(52-22)53-29-18-41(50,30(44)21-43)17-26-33(29)40(49)35-34(38(26)47)37(46)25-14-9-15-28(51-2)32(25)39(35)48/h3-15,22,27,29-31,36,43-45,47,49-50H,16-21H2,1-2H3/t22-,27-,29-,30-,31+,36+,41+/m1/s1. The lowest BCUT2D eigenvalue weighted by molar-refractivity contribution is -0.263. The molecule has 1 heterocycles. The number of benzene rings is 4. The molecular weight excluding hydrogens is 682 g/mol. The Hall–Kier alpha value is -4.66. The van der Waals surface area contributed by atoms with Crippen molar-refractivity contribution in [2.75, 3.05) is 13.7 Å². The van der Waals surface area contributed by atoms with Crippen molar-refractivity contribution in [1.82, 2.24) is 4.90 Å². The predicted octanol–water partition coefficient (Wildman–Crippen LogP) is 3.54. The third kappa shape index (κ3) is 6.61. The van der Waals surface area contributed by atoms with Crippen LogP contribution in [0.15, 0.2) is 78.9 Å². The van der Waals surface area contributed by atoms with Crippen molar-refractivity contribution in [3.8, 4) is 17.2 Å². The number of rotatable bonds is 10. The van der Waals surface area contributed by atoms with Crippen LogP contribution >= 0.6 is 0 Å². The highest BCUT2D eigenvalue weighted by Gasteiger charge is 2.50. The number of carbonyl (C=O) groups excluding carboxylic acids is 2. The summed E-state index contributed by atoms with van der Waals surface area (Å²) in [5.74, 6) is -2.65. The van der Waals surface area contributed by atoms with Crippen LogP contribution in [0.25, 0.3) is 0 Å². The fraction of sp³-hybridized carbons (Fsp3) is 0.366. The van der Waals surface area contributed by atoms with Gasteiger partial charge in [0, 0.05) is 55.1 Å². The van der Waals surface area contributed by atoms with Gasteiger partial charge in [-0.3, -0.25) is 14.5 Å². The fourth-order valence-electron chi connectivity index (χ4n) is 8.07. The molecule has 53 heavy (non-hydrogen) atoms. The Kier molecular flexibility index (Phi) is 10.1. The van der Waals surface area contributed by atoms with E-state index in [-0.39, 0.29) is 40.8 Å². The number of carbonyl (C=O) groups is 2. The molecule has 7 atom stereocenters. The van der Waals surface area contributed by atoms with E-state index in [9.17, 15) is 40.2 Å². The molecule has 4 aromatic rings. The second-order valence-corrected chi connectivity index (χ2v) is 14.1. The summed E-state index contributed by atoms with van der Waals surface area (Å²) < 4.78 is 18.1. The summed E-state index contributed by atoms with van der Waals surface area (Å²) >= 11 is 0. The predicted molar refractivity (Wildman–Crippen MR) is 191 cm³/mol. The number of aromatic hydroxyl groups is 2. The number of hydrogen-bond donors (Lipinski definition) is 6. The average molecular weight is 726 g/mol. The summed E-state index contributed by atoms with van der Waals surface area (Å²) in [6.45, 7) is 1.87. The Balaban J connectivity index is 1.28. The van der Waals surface area contributed by atoms with Crippen molar-refractivity contribution >= 4 is 11.6 Å². The van der Waals surface area contributed by atoms with E-state index in [0.717, 1.165) is 11.1 Å². The second kappa shape index (κ2) is 14.6. The number of methoxy groups -OCH3 is 1. The van der Waals surface area contributed by atoms with Gasteiger partial charge in [0.1, 0.15) is 23.4 Å². The summed E-state index contributed by atoms with van der Waals surface area (Å²) in [6, 6.07) is 23.6. The molecule has 3 aliphatic rings. The van der Waals surface area contributed by atoms with Gasteiger partial charge in [0.05, 0.1) is 54.3 Å². The van der Waals surface area contributed by atoms with E-state index in [1.54, 1.807) is 6.92 Å². The third-order valence-electron chi connectivity index (χ3n) is 10.8. The van der Waals surface area contributed by atoms with Gasteiger partial charge in [-0.2, -0.15) is 0 Å². The molecule has 0 unspecified atom stereocenters. The highest BCUT2D eigenvalue weighted by Crippen LogP contribution is 2.53. The minimum absolute atomic E-state index is 0.0319. The molecule has 0 radical (unpaired) electrons. The van der Waals surface area contributed by atoms with Gasteiger partial charge in [-0.25, -0.2) is 0 Å². The summed E-state index contributed by atoms with van der Waals surface area (Å²) in [4.78, 5) is 30.0. The smallest absolute Gasteiger partial charge is 0.202 e. The number of ketones is 2. The number of hydrogen-bond acceptors (Lipinski definition) is 12. The monoisotopic (exact) mass is 725 g/mol. The first-order chi connectivity index (χ1) is 25.4. The van der Waals surface area contributed by atoms with Crippen molar-refractivity contribution < 1.29 is 54.4 Å². The number of ether oxygens (including phenoxy) is 3. The van der Waals surface area contributed by atoms with E-state index in [1.807, 2.05) is 60.7 Å². The number of nitrogens with zero attached hydrogens (tertiary/aromatic N) is 1. The number of fused-ring (bicyclic) bond motifs is 3. The molecular formula is C41H43NO11. The lowest BCUT2D eigenvalue weighted by atomic mass is 9.71. The maximum absolute atomic E-state index is 14.0. The van der Waals surface area contributed by atoms with Crippen LogP contribution in [0, 0.1) is 0 Å². The van der Waals surface area contributed by atoms with Crippen LogP contribution in [0.4, 0.5) is 0 Å². The first-order valence-corrected chi connectivity index (χ1v) is 17.6. The minimum atomic E-state index is -2.08. The van der Waals surface area contributed by atoms with Gasteiger partial charge in [-0.1, -0.05) is 72.8 Å². The third-order valence-corrected chi connectivity index (χ3v) is 10.8. The molecule has 4 aromatic carbocycles. The maximum Gasteiger partial charge on any atom is 0.202 e. The number of aliphatic hydroxyl groups is 4. The van der Waals surface area contributed by atoms with Crippen LogP contribution in [0.1, 0.15) is 80.0 Å². The Labute approximate surface area is 306 Å². The fourth-order valence-corrected chi connectivity index (χ4v) is 8.07. The van der Waals surface area contributed by atoms with Crippen molar-refractivity contribution in [3.05, 3.63) is 123 Å². The molecule has 2 aliphatic carbocycles. The number of aliphatic hydroxyl groups excluding tert-OH is 3. The summed E-state index contributed by atoms with van der Waals surface area (Å²) in [5, 5.41) is 67.7. The Morgan fingerprint density at radius 2 is 1.51 bits per heavy atom. The maximum atomic E-state index is 14.0. The largest absolute Gasteiger partial charge is 0.507 e. The van der Waals surface area contributed by atoms with Crippen LogP contribution in [-0.2, 0) is 29.0 Å². The van der Waals surface area contributed by atoms with E-state index in [0.29, 0.717) is 13.1 Å². The highest BCUT2D eigenvalue weighted by molar-refractivity contribution is 6.31. The highest BCUT2D eigenvalue weighted by atomic mass is 16.7. The van der Waals surface area contributed by atoms with E-state index >= 15 is 0 Å². The normalized spacial score (nSPS) is 25.8. The first kappa shape index (κ1) is 36.7. The second-order valence-electron chi connectivity index (χ2n) is 14.1. The van der Waals surface area contributed by atoms with E-state index < -0.39 is 89.6 Å². The lowest BCUT2D eigenvalue weighted by Crippen LogP contribution is -2.55. The Morgan fingerprint density at radius 3 is 2.11 bits per heavy atom. The van der Waals surface area contributed by atoms with Gasteiger partial charge < -0.3 is 44.8 Å². The molecule has 0 saturated carbocycles. The zero-order chi connectivity index (χ0) is 37.6. The molecule has 1 saturated heterocycles. The van der Waals surface area contributed by atoms with Crippen molar-refractivity contribution in [2.45, 2.75) is 81.6 Å². The van der Waals surface area contributed by atoms with Crippen LogP contribution < -0.4 is 4.74 Å². The molecule has 1 fully saturated rings. The van der Waals surface area contributed by atoms with Crippen molar-refractivity contribution in [1.29, 1.82) is 0 Å². The summed E-state index contributed by atoms with van der Waals surface area (Å²) in [5.41, 5.74) is -1.19. The first-order valence-electron chi connectivity index (χ1n) is 17.6. The quantitative estimate of drug-likeness (QED) is 0.115. The van der Waals surface area contributed by atoms with Gasteiger partial charge in [0.25, 0.3) is 0 Å². The van der Waals surface area contributed by atoms with Crippen LogP contribution in [0.3, 0.4) is 0 Å². The van der Waals surface area contributed by atoms with Gasteiger partial charge in [-0.15, -0.1) is 0 Å². The average Bonchev–Trinajstić information content (AvgIpc) is 3.16. The molecule has 0 aromatic heterocycles. The van der Waals surface area contributed by atoms with Gasteiger partial charge in [-0.05, 0) is 24.1 Å². The van der Waals surface area contributed by atoms with E-state index in [4.69, 9.17) is 14.2 Å². The molecule has 12 nitrogen and oxygen atoms in total. The molecule has 6 N–H and O–H groups in total. The Bertz CT molecular complexity index is 1960. The van der Waals surface area contributed by atoms with E-state index in [1.165, 1.54) is 25.3 Å². The Morgan fingerprint density at radius 1 is 0.887 bits per heavy atom. The zero-order valence-electron chi connectivity index (χ0n) is 29.4. The molecule has 7 rings (SSSR count). The van der Waals surface area contributed by atoms with Crippen molar-refractivity contribution in [3.63, 3.8) is 0 Å². The topological polar surface area (TPSA) is 186 Å². The molecule has 1 aliphatic heterocycles. The SMILES string of the molecule is COc1cccc2c1C(=O)c1c(O)c3c(c(O)c1C2=O)C[C@@](O)([C@H](O)CO)C[C@H]3O[C@H]1C[C@@H](N(Cc2ccccc2)Cc2ccccc2)[C@@H](O)[C@@H](C)O1. The number of phenols is 2. The summed E-state index contributed by atoms with van der Waals surface area (Å²) in [7, 11) is 1.35. The molecule has 0 spiro atoms. The molecule has 12 heteroatoms. The molecule has 0 bridgehead atoms. The van der Waals surface area contributed by atoms with Gasteiger partial charge in [0.2, 0.25) is 5.78 Å². The number of phenolic OH excluding ortho intramolecular Hbond substituents is 2. The van der Waals surface area contributed by atoms with Crippen LogP contribution in [0.2, 0.25) is 0 Å². The van der Waals surface area contributed by atoms with Gasteiger partial charge >= 0.3 is 0 Å². The van der Waals surface area contributed by atoms with Gasteiger partial charge in [0.15, 0.2) is 12.1 Å². The molecule has 0 amide bonds.